The molecule has 0 saturated heterocycles. The van der Waals surface area contributed by atoms with E-state index < -0.39 is 0 Å². The van der Waals surface area contributed by atoms with Gasteiger partial charge in [0.25, 0.3) is 0 Å². The molecule has 2 aromatic carbocycles. The van der Waals surface area contributed by atoms with Crippen molar-refractivity contribution < 1.29 is 30.3 Å². The zero-order chi connectivity index (χ0) is 21.8. The number of allylic oxidation sites excluding steroid dienone is 2. The van der Waals surface area contributed by atoms with Gasteiger partial charge < -0.3 is 15.0 Å². The van der Waals surface area contributed by atoms with Gasteiger partial charge >= 0.3 is 20.4 Å². The number of amidine groups is 1. The number of nitrogens with zero attached hydrogens (tertiary/aromatic N) is 2. The molecule has 1 atom stereocenters. The van der Waals surface area contributed by atoms with Crippen molar-refractivity contribution in [3.8, 4) is 0 Å². The van der Waals surface area contributed by atoms with Crippen LogP contribution in [-0.2, 0) is 25.2 Å². The Morgan fingerprint density at radius 2 is 1.87 bits per heavy atom. The molecule has 0 saturated carbocycles. The second kappa shape index (κ2) is 10.9. The average molecular weight is 499 g/mol. The van der Waals surface area contributed by atoms with Crippen LogP contribution in [0.25, 0.3) is 10.8 Å². The molecular weight excluding hydrogens is 467 g/mol. The number of rotatable bonds is 3. The molecule has 0 radical (unpaired) electrons. The molecule has 164 valence electrons. The van der Waals surface area contributed by atoms with Gasteiger partial charge in [-0.25, -0.2) is 0 Å². The maximum Gasteiger partial charge on any atom is 2.00 e. The fourth-order valence-electron chi connectivity index (χ4n) is 3.33. The van der Waals surface area contributed by atoms with Crippen molar-refractivity contribution in [2.45, 2.75) is 60.0 Å². The van der Waals surface area contributed by atoms with Crippen molar-refractivity contribution in [3.05, 3.63) is 59.9 Å². The van der Waals surface area contributed by atoms with E-state index in [9.17, 15) is 9.90 Å². The van der Waals surface area contributed by atoms with Crippen LogP contribution in [0.4, 0.5) is 0 Å². The first-order chi connectivity index (χ1) is 13.5. The number of hydrogen-bond acceptors (Lipinski definition) is 4. The van der Waals surface area contributed by atoms with Crippen molar-refractivity contribution >= 4 is 22.4 Å². The SMILES string of the molecule is CC(=O)/C=C(/C)[O-].CC(C)[C@H]1CN(C(C)(C)C)C(c2[c-]ccc3ccccc23)=N1.[Pd+2]. The molecule has 0 aliphatic carbocycles. The van der Waals surface area contributed by atoms with Gasteiger partial charge in [-0.3, -0.25) is 4.79 Å². The molecule has 0 unspecified atom stereocenters. The summed E-state index contributed by atoms with van der Waals surface area (Å²) in [7, 11) is 0. The van der Waals surface area contributed by atoms with Gasteiger partial charge in [0.15, 0.2) is 5.78 Å². The van der Waals surface area contributed by atoms with Gasteiger partial charge in [0.2, 0.25) is 0 Å². The van der Waals surface area contributed by atoms with E-state index in [1.165, 1.54) is 24.6 Å². The van der Waals surface area contributed by atoms with Crippen LogP contribution in [-0.4, -0.2) is 34.6 Å². The number of fused-ring (bicyclic) bond motifs is 1. The number of benzene rings is 2. The third-order valence-electron chi connectivity index (χ3n) is 4.84. The Hall–Kier alpha value is -1.96. The normalized spacial score (nSPS) is 16.7. The quantitative estimate of drug-likeness (QED) is 0.273. The fraction of sp³-hybridized carbons (Fsp3) is 0.440. The van der Waals surface area contributed by atoms with Crippen LogP contribution in [0.5, 0.6) is 0 Å². The molecule has 0 spiro atoms. The van der Waals surface area contributed by atoms with Gasteiger partial charge in [-0.15, -0.1) is 34.9 Å². The zero-order valence-corrected chi connectivity index (χ0v) is 20.5. The van der Waals surface area contributed by atoms with E-state index >= 15 is 0 Å². The second-order valence-electron chi connectivity index (χ2n) is 8.85. The third kappa shape index (κ3) is 6.79. The van der Waals surface area contributed by atoms with E-state index in [-0.39, 0.29) is 37.5 Å². The Kier molecular flexibility index (Phi) is 9.46. The number of hydrogen-bond donors (Lipinski definition) is 0. The van der Waals surface area contributed by atoms with E-state index in [0.29, 0.717) is 12.0 Å². The molecule has 1 aliphatic rings. The average Bonchev–Trinajstić information content (AvgIpc) is 3.06. The van der Waals surface area contributed by atoms with Gasteiger partial charge in [0.05, 0.1) is 6.04 Å². The summed E-state index contributed by atoms with van der Waals surface area (Å²) < 4.78 is 0. The number of carbonyl (C=O) groups is 1. The van der Waals surface area contributed by atoms with Crippen LogP contribution in [0, 0.1) is 12.0 Å². The van der Waals surface area contributed by atoms with Crippen LogP contribution in [0.15, 0.2) is 53.2 Å². The van der Waals surface area contributed by atoms with E-state index in [2.05, 4.69) is 75.9 Å². The molecule has 4 nitrogen and oxygen atoms in total. The molecule has 30 heavy (non-hydrogen) atoms. The topological polar surface area (TPSA) is 55.7 Å². The summed E-state index contributed by atoms with van der Waals surface area (Å²) in [5.41, 5.74) is 1.20. The fourth-order valence-corrected chi connectivity index (χ4v) is 3.33. The molecule has 0 N–H and O–H groups in total. The molecule has 3 rings (SSSR count). The van der Waals surface area contributed by atoms with Crippen LogP contribution < -0.4 is 5.11 Å². The van der Waals surface area contributed by atoms with Gasteiger partial charge in [0, 0.05) is 17.9 Å². The van der Waals surface area contributed by atoms with Crippen molar-refractivity contribution in [2.75, 3.05) is 6.54 Å². The smallest absolute Gasteiger partial charge is 0.876 e. The first kappa shape index (κ1) is 26.1. The number of aliphatic imine (C=N–C) groups is 1. The Bertz CT molecular complexity index is 917. The molecule has 1 aliphatic heterocycles. The first-order valence-corrected chi connectivity index (χ1v) is 10.1. The largest absolute Gasteiger partial charge is 2.00 e. The van der Waals surface area contributed by atoms with E-state index in [4.69, 9.17) is 4.99 Å². The van der Waals surface area contributed by atoms with Crippen molar-refractivity contribution in [3.63, 3.8) is 0 Å². The summed E-state index contributed by atoms with van der Waals surface area (Å²) in [4.78, 5) is 17.5. The monoisotopic (exact) mass is 498 g/mol. The molecule has 2 aromatic rings. The Balaban J connectivity index is 0.000000489. The van der Waals surface area contributed by atoms with Gasteiger partial charge in [-0.05, 0) is 39.7 Å². The van der Waals surface area contributed by atoms with E-state index in [1.807, 2.05) is 6.07 Å². The summed E-state index contributed by atoms with van der Waals surface area (Å²) in [5, 5.41) is 12.5. The Morgan fingerprint density at radius 1 is 1.23 bits per heavy atom. The standard InChI is InChI=1S/C20H25N2.C5H8O2.Pd/c1-14(2)18-13-22(20(3,4)5)19(21-18)17-12-8-10-15-9-6-7-11-16(15)17;1-4(6)3-5(2)7;/h6-11,14,18H,13H2,1-5H3;3,6H,1-2H3;/q-1;;+2/p-1/b;4-3-;/t18-;;/m1../s1. The maximum atomic E-state index is 9.98. The summed E-state index contributed by atoms with van der Waals surface area (Å²) in [6.45, 7) is 15.0. The van der Waals surface area contributed by atoms with Gasteiger partial charge in [0.1, 0.15) is 0 Å². The molecule has 0 amide bonds. The molecule has 0 aromatic heterocycles. The summed E-state index contributed by atoms with van der Waals surface area (Å²) in [6, 6.07) is 16.5. The van der Waals surface area contributed by atoms with E-state index in [0.717, 1.165) is 24.0 Å². The van der Waals surface area contributed by atoms with Crippen molar-refractivity contribution in [2.24, 2.45) is 10.9 Å². The summed E-state index contributed by atoms with van der Waals surface area (Å²) >= 11 is 0. The maximum absolute atomic E-state index is 9.98. The number of carbonyl (C=O) groups excluding carboxylic acids is 1. The zero-order valence-electron chi connectivity index (χ0n) is 18.9. The molecule has 5 heteroatoms. The minimum atomic E-state index is -0.187. The molecular formula is C25H32N2O2Pd. The molecule has 0 bridgehead atoms. The summed E-state index contributed by atoms with van der Waals surface area (Å²) in [6.07, 6.45) is 1.06. The van der Waals surface area contributed by atoms with Crippen molar-refractivity contribution in [1.82, 2.24) is 4.90 Å². The van der Waals surface area contributed by atoms with Crippen LogP contribution >= 0.6 is 0 Å². The molecule has 0 fully saturated rings. The minimum absolute atomic E-state index is 0. The Labute approximate surface area is 194 Å². The van der Waals surface area contributed by atoms with Crippen molar-refractivity contribution in [1.29, 1.82) is 0 Å². The van der Waals surface area contributed by atoms with E-state index in [1.54, 1.807) is 0 Å². The summed E-state index contributed by atoms with van der Waals surface area (Å²) in [5.74, 6) is 1.28. The first-order valence-electron chi connectivity index (χ1n) is 10.1. The van der Waals surface area contributed by atoms with Crippen LogP contribution in [0.2, 0.25) is 0 Å². The number of ketones is 1. The predicted molar refractivity (Wildman–Crippen MR) is 119 cm³/mol. The predicted octanol–water partition coefficient (Wildman–Crippen LogP) is 4.36. The van der Waals surface area contributed by atoms with Crippen LogP contribution in [0.1, 0.15) is 54.0 Å². The Morgan fingerprint density at radius 3 is 2.37 bits per heavy atom. The van der Waals surface area contributed by atoms with Gasteiger partial charge in [-0.1, -0.05) is 50.4 Å². The van der Waals surface area contributed by atoms with Gasteiger partial charge in [-0.2, -0.15) is 0 Å². The van der Waals surface area contributed by atoms with Crippen LogP contribution in [0.3, 0.4) is 0 Å². The third-order valence-corrected chi connectivity index (χ3v) is 4.84. The minimum Gasteiger partial charge on any atom is -0.876 e. The second-order valence-corrected chi connectivity index (χ2v) is 8.85. The molecule has 1 heterocycles.